The van der Waals surface area contributed by atoms with E-state index in [1.165, 1.54) is 23.1 Å². The van der Waals surface area contributed by atoms with E-state index in [9.17, 15) is 0 Å². The van der Waals surface area contributed by atoms with Crippen LogP contribution >= 0.6 is 0 Å². The third kappa shape index (κ3) is 3.69. The van der Waals surface area contributed by atoms with Crippen LogP contribution in [0.2, 0.25) is 0 Å². The van der Waals surface area contributed by atoms with Crippen molar-refractivity contribution in [3.05, 3.63) is 54.4 Å². The zero-order chi connectivity index (χ0) is 14.5. The molecular weight excluding hydrogens is 242 g/mol. The van der Waals surface area contributed by atoms with Gasteiger partial charge in [-0.3, -0.25) is 4.98 Å². The summed E-state index contributed by atoms with van der Waals surface area (Å²) in [5, 5.41) is 0. The molecular formula is C19H25N. The van der Waals surface area contributed by atoms with Crippen LogP contribution in [-0.2, 0) is 0 Å². The van der Waals surface area contributed by atoms with Crippen LogP contribution in [-0.4, -0.2) is 4.98 Å². The summed E-state index contributed by atoms with van der Waals surface area (Å²) in [4.78, 5) is 4.19. The summed E-state index contributed by atoms with van der Waals surface area (Å²) in [6.07, 6.45) is 4.99. The molecule has 0 radical (unpaired) electrons. The fraction of sp³-hybridized carbons (Fsp3) is 0.421. The van der Waals surface area contributed by atoms with Crippen LogP contribution in [0.3, 0.4) is 0 Å². The summed E-state index contributed by atoms with van der Waals surface area (Å²) < 4.78 is 0. The molecule has 0 amide bonds. The molecule has 106 valence electrons. The lowest BCUT2D eigenvalue weighted by molar-refractivity contribution is 0.408. The largest absolute Gasteiger partial charge is 0.264 e. The van der Waals surface area contributed by atoms with E-state index in [4.69, 9.17) is 0 Å². The van der Waals surface area contributed by atoms with Crippen LogP contribution in [0.4, 0.5) is 0 Å². The van der Waals surface area contributed by atoms with Gasteiger partial charge in [0.15, 0.2) is 0 Å². The molecule has 2 rings (SSSR count). The highest BCUT2D eigenvalue weighted by Crippen LogP contribution is 2.32. The van der Waals surface area contributed by atoms with E-state index >= 15 is 0 Å². The molecule has 0 aliphatic heterocycles. The Labute approximate surface area is 123 Å². The Hall–Kier alpha value is -1.63. The molecule has 0 N–H and O–H groups in total. The van der Waals surface area contributed by atoms with Gasteiger partial charge in [0.25, 0.3) is 0 Å². The summed E-state index contributed by atoms with van der Waals surface area (Å²) in [5.74, 6) is 2.07. The number of hydrogen-bond donors (Lipinski definition) is 0. The van der Waals surface area contributed by atoms with Gasteiger partial charge in [-0.15, -0.1) is 0 Å². The summed E-state index contributed by atoms with van der Waals surface area (Å²) >= 11 is 0. The molecule has 0 unspecified atom stereocenters. The second kappa shape index (κ2) is 6.69. The molecule has 2 aromatic rings. The van der Waals surface area contributed by atoms with Gasteiger partial charge in [0, 0.05) is 12.4 Å². The van der Waals surface area contributed by atoms with Gasteiger partial charge in [-0.2, -0.15) is 0 Å². The quantitative estimate of drug-likeness (QED) is 0.693. The summed E-state index contributed by atoms with van der Waals surface area (Å²) in [6, 6.07) is 13.1. The predicted molar refractivity (Wildman–Crippen MR) is 86.7 cm³/mol. The lowest BCUT2D eigenvalue weighted by Gasteiger charge is -2.23. The van der Waals surface area contributed by atoms with E-state index in [-0.39, 0.29) is 0 Å². The molecule has 0 bridgehead atoms. The summed E-state index contributed by atoms with van der Waals surface area (Å²) in [5.41, 5.74) is 3.89. The molecule has 1 nitrogen and oxygen atoms in total. The molecule has 1 heteroatoms. The predicted octanol–water partition coefficient (Wildman–Crippen LogP) is 5.53. The van der Waals surface area contributed by atoms with Crippen molar-refractivity contribution in [2.24, 2.45) is 11.8 Å². The second-order valence-electron chi connectivity index (χ2n) is 6.34. The van der Waals surface area contributed by atoms with Gasteiger partial charge < -0.3 is 0 Å². The maximum Gasteiger partial charge on any atom is 0.0346 e. The average molecular weight is 267 g/mol. The van der Waals surface area contributed by atoms with Crippen molar-refractivity contribution in [1.29, 1.82) is 0 Å². The number of aromatic nitrogens is 1. The summed E-state index contributed by atoms with van der Waals surface area (Å²) in [6.45, 7) is 9.25. The van der Waals surface area contributed by atoms with Crippen molar-refractivity contribution >= 4 is 0 Å². The number of pyridine rings is 1. The topological polar surface area (TPSA) is 12.9 Å². The van der Waals surface area contributed by atoms with Gasteiger partial charge in [-0.1, -0.05) is 58.0 Å². The molecule has 1 atom stereocenters. The van der Waals surface area contributed by atoms with Gasteiger partial charge in [0.05, 0.1) is 0 Å². The van der Waals surface area contributed by atoms with E-state index in [1.807, 2.05) is 18.5 Å². The highest BCUT2D eigenvalue weighted by atomic mass is 14.6. The SMILES string of the molecule is CC(C)C[C@@H](c1ccc(-c2cccnc2)cc1)C(C)C. The molecule has 1 aromatic heterocycles. The van der Waals surface area contributed by atoms with Crippen LogP contribution in [0, 0.1) is 11.8 Å². The molecule has 1 heterocycles. The van der Waals surface area contributed by atoms with E-state index in [2.05, 4.69) is 63.0 Å². The molecule has 0 fully saturated rings. The molecule has 0 aliphatic carbocycles. The first kappa shape index (κ1) is 14.8. The Morgan fingerprint density at radius 1 is 0.900 bits per heavy atom. The maximum atomic E-state index is 4.19. The zero-order valence-corrected chi connectivity index (χ0v) is 13.0. The van der Waals surface area contributed by atoms with Crippen LogP contribution in [0.15, 0.2) is 48.8 Å². The molecule has 0 aliphatic rings. The number of benzene rings is 1. The maximum absolute atomic E-state index is 4.19. The fourth-order valence-corrected chi connectivity index (χ4v) is 2.76. The number of nitrogens with zero attached hydrogens (tertiary/aromatic N) is 1. The monoisotopic (exact) mass is 267 g/mol. The smallest absolute Gasteiger partial charge is 0.0346 e. The van der Waals surface area contributed by atoms with Gasteiger partial charge in [-0.05, 0) is 46.9 Å². The minimum atomic E-state index is 0.651. The Morgan fingerprint density at radius 2 is 1.60 bits per heavy atom. The molecule has 0 saturated heterocycles. The van der Waals surface area contributed by atoms with Crippen molar-refractivity contribution in [2.45, 2.75) is 40.0 Å². The van der Waals surface area contributed by atoms with E-state index in [0.29, 0.717) is 11.8 Å². The molecule has 0 spiro atoms. The first-order chi connectivity index (χ1) is 9.58. The standard InChI is InChI=1S/C19H25N/c1-14(2)12-19(15(3)4)17-9-7-16(8-10-17)18-6-5-11-20-13-18/h5-11,13-15,19H,12H2,1-4H3/t19-/m1/s1. The molecule has 1 aromatic carbocycles. The Bertz CT molecular complexity index is 511. The van der Waals surface area contributed by atoms with Crippen LogP contribution < -0.4 is 0 Å². The molecule has 20 heavy (non-hydrogen) atoms. The Kier molecular flexibility index (Phi) is 4.94. The van der Waals surface area contributed by atoms with Crippen LogP contribution in [0.1, 0.15) is 45.6 Å². The zero-order valence-electron chi connectivity index (χ0n) is 13.0. The fourth-order valence-electron chi connectivity index (χ4n) is 2.76. The normalized spacial score (nSPS) is 12.9. The van der Waals surface area contributed by atoms with Gasteiger partial charge in [0.1, 0.15) is 0 Å². The van der Waals surface area contributed by atoms with Crippen molar-refractivity contribution in [3.63, 3.8) is 0 Å². The van der Waals surface area contributed by atoms with Gasteiger partial charge in [-0.25, -0.2) is 0 Å². The lowest BCUT2D eigenvalue weighted by Crippen LogP contribution is -2.09. The van der Waals surface area contributed by atoms with E-state index < -0.39 is 0 Å². The van der Waals surface area contributed by atoms with Gasteiger partial charge in [0.2, 0.25) is 0 Å². The third-order valence-electron chi connectivity index (χ3n) is 3.86. The summed E-state index contributed by atoms with van der Waals surface area (Å²) in [7, 11) is 0. The average Bonchev–Trinajstić information content (AvgIpc) is 2.45. The van der Waals surface area contributed by atoms with Crippen LogP contribution in [0.5, 0.6) is 0 Å². The van der Waals surface area contributed by atoms with Crippen molar-refractivity contribution in [3.8, 4) is 11.1 Å². The third-order valence-corrected chi connectivity index (χ3v) is 3.86. The van der Waals surface area contributed by atoms with E-state index in [1.54, 1.807) is 0 Å². The van der Waals surface area contributed by atoms with Crippen molar-refractivity contribution in [1.82, 2.24) is 4.98 Å². The van der Waals surface area contributed by atoms with Crippen molar-refractivity contribution < 1.29 is 0 Å². The number of hydrogen-bond acceptors (Lipinski definition) is 1. The highest BCUT2D eigenvalue weighted by molar-refractivity contribution is 5.62. The van der Waals surface area contributed by atoms with Gasteiger partial charge >= 0.3 is 0 Å². The first-order valence-electron chi connectivity index (χ1n) is 7.58. The Balaban J connectivity index is 2.22. The Morgan fingerprint density at radius 3 is 2.10 bits per heavy atom. The molecule has 0 saturated carbocycles. The minimum Gasteiger partial charge on any atom is -0.264 e. The number of rotatable bonds is 5. The first-order valence-corrected chi connectivity index (χ1v) is 7.58. The highest BCUT2D eigenvalue weighted by Gasteiger charge is 2.17. The van der Waals surface area contributed by atoms with Crippen molar-refractivity contribution in [2.75, 3.05) is 0 Å². The minimum absolute atomic E-state index is 0.651. The van der Waals surface area contributed by atoms with E-state index in [0.717, 1.165) is 5.92 Å². The lowest BCUT2D eigenvalue weighted by atomic mass is 9.82. The second-order valence-corrected chi connectivity index (χ2v) is 6.34. The van der Waals surface area contributed by atoms with Crippen LogP contribution in [0.25, 0.3) is 11.1 Å².